The van der Waals surface area contributed by atoms with Gasteiger partial charge in [0.15, 0.2) is 5.82 Å². The van der Waals surface area contributed by atoms with E-state index in [4.69, 9.17) is 9.47 Å². The number of nitrogens with zero attached hydrogens (tertiary/aromatic N) is 4. The largest absolute Gasteiger partial charge is 0.475 e. The molecule has 4 heterocycles. The summed E-state index contributed by atoms with van der Waals surface area (Å²) in [5, 5.41) is 6.82. The summed E-state index contributed by atoms with van der Waals surface area (Å²) in [5.41, 5.74) is 1.22. The van der Waals surface area contributed by atoms with Crippen molar-refractivity contribution in [2.45, 2.75) is 18.9 Å². The van der Waals surface area contributed by atoms with Crippen LogP contribution >= 0.6 is 0 Å². The van der Waals surface area contributed by atoms with Crippen molar-refractivity contribution < 1.29 is 13.9 Å². The molecule has 1 aliphatic rings. The van der Waals surface area contributed by atoms with Crippen molar-refractivity contribution in [3.8, 4) is 17.4 Å². The Labute approximate surface area is 162 Å². The Morgan fingerprint density at radius 2 is 2.25 bits per heavy atom. The van der Waals surface area contributed by atoms with Gasteiger partial charge in [-0.25, -0.2) is 14.4 Å². The van der Waals surface area contributed by atoms with Crippen LogP contribution in [-0.2, 0) is 4.74 Å². The van der Waals surface area contributed by atoms with Gasteiger partial charge >= 0.3 is 0 Å². The number of hydrogen-bond acceptors (Lipinski definition) is 7. The van der Waals surface area contributed by atoms with Gasteiger partial charge in [-0.2, -0.15) is 4.98 Å². The maximum Gasteiger partial charge on any atom is 0.219 e. The lowest BCUT2D eigenvalue weighted by Crippen LogP contribution is -2.38. The number of fused-ring (bicyclic) bond motifs is 1. The fourth-order valence-corrected chi connectivity index (χ4v) is 3.22. The third-order valence-corrected chi connectivity index (χ3v) is 4.59. The average Bonchev–Trinajstić information content (AvgIpc) is 3.12. The smallest absolute Gasteiger partial charge is 0.219 e. The number of imidazole rings is 1. The molecule has 28 heavy (non-hydrogen) atoms. The highest BCUT2D eigenvalue weighted by molar-refractivity contribution is 5.59. The Bertz CT molecular complexity index is 941. The number of piperidine rings is 1. The molecular formula is C19H23FN6O2. The van der Waals surface area contributed by atoms with Crippen molar-refractivity contribution in [3.05, 3.63) is 36.4 Å². The molecule has 1 fully saturated rings. The summed E-state index contributed by atoms with van der Waals surface area (Å²) < 4.78 is 26.1. The molecule has 1 atom stereocenters. The predicted molar refractivity (Wildman–Crippen MR) is 103 cm³/mol. The fraction of sp³-hybridized carbons (Fsp3) is 0.421. The minimum Gasteiger partial charge on any atom is -0.475 e. The molecule has 3 aromatic rings. The van der Waals surface area contributed by atoms with E-state index in [0.29, 0.717) is 42.1 Å². The Kier molecular flexibility index (Phi) is 5.63. The van der Waals surface area contributed by atoms with E-state index in [0.717, 1.165) is 25.9 Å². The Hall–Kier alpha value is -2.78. The van der Waals surface area contributed by atoms with Gasteiger partial charge in [-0.3, -0.25) is 4.40 Å². The van der Waals surface area contributed by atoms with Crippen molar-refractivity contribution in [2.24, 2.45) is 0 Å². The van der Waals surface area contributed by atoms with Crippen molar-refractivity contribution in [2.75, 3.05) is 38.7 Å². The molecule has 3 aromatic heterocycles. The van der Waals surface area contributed by atoms with Gasteiger partial charge in [0, 0.05) is 32.0 Å². The van der Waals surface area contributed by atoms with Gasteiger partial charge in [-0.05, 0) is 31.5 Å². The first-order chi connectivity index (χ1) is 13.7. The van der Waals surface area contributed by atoms with Gasteiger partial charge in [0.05, 0.1) is 12.8 Å². The number of pyridine rings is 1. The van der Waals surface area contributed by atoms with E-state index in [1.807, 2.05) is 0 Å². The third-order valence-electron chi connectivity index (χ3n) is 4.59. The molecule has 0 radical (unpaired) electrons. The second kappa shape index (κ2) is 8.49. The second-order valence-corrected chi connectivity index (χ2v) is 6.66. The summed E-state index contributed by atoms with van der Waals surface area (Å²) in [5.74, 6) is 1.15. The minimum absolute atomic E-state index is 0.281. The van der Waals surface area contributed by atoms with Gasteiger partial charge in [0.1, 0.15) is 29.6 Å². The van der Waals surface area contributed by atoms with Crippen LogP contribution in [-0.4, -0.2) is 58.8 Å². The van der Waals surface area contributed by atoms with Gasteiger partial charge in [-0.15, -0.1) is 0 Å². The van der Waals surface area contributed by atoms with E-state index in [-0.39, 0.29) is 11.9 Å². The first-order valence-electron chi connectivity index (χ1n) is 9.34. The number of rotatable bonds is 7. The van der Waals surface area contributed by atoms with Crippen LogP contribution in [0.15, 0.2) is 30.6 Å². The van der Waals surface area contributed by atoms with Crippen molar-refractivity contribution >= 4 is 11.5 Å². The maximum atomic E-state index is 13.7. The van der Waals surface area contributed by atoms with Crippen LogP contribution in [0.1, 0.15) is 12.8 Å². The highest BCUT2D eigenvalue weighted by Crippen LogP contribution is 2.24. The lowest BCUT2D eigenvalue weighted by atomic mass is 10.1. The highest BCUT2D eigenvalue weighted by Gasteiger charge is 2.17. The van der Waals surface area contributed by atoms with Crippen molar-refractivity contribution in [1.29, 1.82) is 0 Å². The van der Waals surface area contributed by atoms with Crippen LogP contribution < -0.4 is 15.4 Å². The SMILES string of the molecule is COCCOc1cc(NC2CCCNC2)nc(-c2cnc3ccc(F)cn23)n1. The Balaban J connectivity index is 1.68. The third kappa shape index (κ3) is 4.20. The fourth-order valence-electron chi connectivity index (χ4n) is 3.22. The monoisotopic (exact) mass is 386 g/mol. The number of nitrogens with one attached hydrogen (secondary N) is 2. The summed E-state index contributed by atoms with van der Waals surface area (Å²) in [6.45, 7) is 2.74. The number of aromatic nitrogens is 4. The molecule has 2 N–H and O–H groups in total. The Morgan fingerprint density at radius 3 is 3.07 bits per heavy atom. The molecular weight excluding hydrogens is 363 g/mol. The predicted octanol–water partition coefficient (Wildman–Crippen LogP) is 2.12. The van der Waals surface area contributed by atoms with Gasteiger partial charge in [0.2, 0.25) is 5.88 Å². The number of methoxy groups -OCH3 is 1. The van der Waals surface area contributed by atoms with Crippen LogP contribution in [0, 0.1) is 5.82 Å². The molecule has 1 unspecified atom stereocenters. The average molecular weight is 386 g/mol. The van der Waals surface area contributed by atoms with Crippen molar-refractivity contribution in [3.63, 3.8) is 0 Å². The summed E-state index contributed by atoms with van der Waals surface area (Å²) in [7, 11) is 1.62. The van der Waals surface area contributed by atoms with E-state index in [1.165, 1.54) is 12.3 Å². The van der Waals surface area contributed by atoms with Crippen LogP contribution in [0.3, 0.4) is 0 Å². The number of halogens is 1. The molecule has 148 valence electrons. The van der Waals surface area contributed by atoms with E-state index >= 15 is 0 Å². The molecule has 0 spiro atoms. The summed E-state index contributed by atoms with van der Waals surface area (Å²) in [6, 6.07) is 5.05. The Morgan fingerprint density at radius 1 is 1.32 bits per heavy atom. The number of anilines is 1. The standard InChI is InChI=1S/C19H23FN6O2/c1-27-7-8-28-18-9-16(23-14-3-2-6-21-10-14)24-19(25-18)15-11-22-17-5-4-13(20)12-26(15)17/h4-5,9,11-12,14,21H,2-3,6-8,10H2,1H3,(H,23,24,25). The number of hydrogen-bond donors (Lipinski definition) is 2. The topological polar surface area (TPSA) is 85.6 Å². The van der Waals surface area contributed by atoms with Crippen LogP contribution in [0.4, 0.5) is 10.2 Å². The maximum absolute atomic E-state index is 13.7. The molecule has 0 saturated carbocycles. The molecule has 1 aliphatic heterocycles. The van der Waals surface area contributed by atoms with Crippen LogP contribution in [0.25, 0.3) is 17.2 Å². The van der Waals surface area contributed by atoms with Gasteiger partial charge < -0.3 is 20.1 Å². The lowest BCUT2D eigenvalue weighted by molar-refractivity contribution is 0.144. The summed E-state index contributed by atoms with van der Waals surface area (Å²) >= 11 is 0. The van der Waals surface area contributed by atoms with Gasteiger partial charge in [-0.1, -0.05) is 0 Å². The van der Waals surface area contributed by atoms with E-state index in [9.17, 15) is 4.39 Å². The molecule has 0 bridgehead atoms. The second-order valence-electron chi connectivity index (χ2n) is 6.66. The molecule has 4 rings (SSSR count). The summed E-state index contributed by atoms with van der Waals surface area (Å²) in [6.07, 6.45) is 5.18. The molecule has 0 aliphatic carbocycles. The number of ether oxygens (including phenoxy) is 2. The van der Waals surface area contributed by atoms with E-state index in [1.54, 1.807) is 29.8 Å². The minimum atomic E-state index is -0.356. The highest BCUT2D eigenvalue weighted by atomic mass is 19.1. The molecule has 1 saturated heterocycles. The van der Waals surface area contributed by atoms with E-state index < -0.39 is 0 Å². The van der Waals surface area contributed by atoms with Crippen molar-refractivity contribution in [1.82, 2.24) is 24.7 Å². The molecule has 0 amide bonds. The zero-order chi connectivity index (χ0) is 19.3. The zero-order valence-corrected chi connectivity index (χ0v) is 15.7. The lowest BCUT2D eigenvalue weighted by Gasteiger charge is -2.24. The molecule has 0 aromatic carbocycles. The van der Waals surface area contributed by atoms with Crippen LogP contribution in [0.5, 0.6) is 5.88 Å². The normalized spacial score (nSPS) is 17.0. The zero-order valence-electron chi connectivity index (χ0n) is 15.7. The van der Waals surface area contributed by atoms with E-state index in [2.05, 4.69) is 25.6 Å². The van der Waals surface area contributed by atoms with Gasteiger partial charge in [0.25, 0.3) is 0 Å². The quantitative estimate of drug-likeness (QED) is 0.602. The molecule has 9 heteroatoms. The first kappa shape index (κ1) is 18.6. The first-order valence-corrected chi connectivity index (χ1v) is 9.34. The molecule has 8 nitrogen and oxygen atoms in total. The summed E-state index contributed by atoms with van der Waals surface area (Å²) in [4.78, 5) is 13.4. The van der Waals surface area contributed by atoms with Crippen LogP contribution in [0.2, 0.25) is 0 Å².